The van der Waals surface area contributed by atoms with Gasteiger partial charge in [-0.05, 0) is 48.3 Å². The lowest BCUT2D eigenvalue weighted by Gasteiger charge is -2.54. The van der Waals surface area contributed by atoms with E-state index in [1.54, 1.807) is 0 Å². The minimum absolute atomic E-state index is 0.702. The van der Waals surface area contributed by atoms with Crippen LogP contribution in [0.1, 0.15) is 67.2 Å². The Labute approximate surface area is 96.8 Å². The Morgan fingerprint density at radius 1 is 1.20 bits per heavy atom. The molecule has 1 rings (SSSR count). The predicted octanol–water partition coefficient (Wildman–Crippen LogP) is 5.13. The lowest BCUT2D eigenvalue weighted by Crippen LogP contribution is -2.45. The van der Waals surface area contributed by atoms with Crippen LogP contribution >= 0.6 is 0 Å². The molecular weight excluding hydrogens is 180 g/mol. The highest BCUT2D eigenvalue weighted by molar-refractivity contribution is 4.97. The summed E-state index contributed by atoms with van der Waals surface area (Å²) in [6.07, 6.45) is 5.74. The van der Waals surface area contributed by atoms with Crippen molar-refractivity contribution in [2.24, 2.45) is 29.1 Å². The van der Waals surface area contributed by atoms with E-state index in [9.17, 15) is 0 Å². The van der Waals surface area contributed by atoms with Crippen molar-refractivity contribution in [2.75, 3.05) is 0 Å². The van der Waals surface area contributed by atoms with Crippen LogP contribution < -0.4 is 0 Å². The third kappa shape index (κ3) is 2.77. The van der Waals surface area contributed by atoms with Gasteiger partial charge in [0.1, 0.15) is 0 Å². The topological polar surface area (TPSA) is 0 Å². The molecule has 0 radical (unpaired) electrons. The summed E-state index contributed by atoms with van der Waals surface area (Å²) >= 11 is 0. The standard InChI is InChI=1S/C15H30/c1-7-15(10-13(5)14(15)6)9-12(4)8-11(2)3/h11-14H,7-10H2,1-6H3. The summed E-state index contributed by atoms with van der Waals surface area (Å²) < 4.78 is 0. The van der Waals surface area contributed by atoms with Gasteiger partial charge in [-0.1, -0.05) is 48.0 Å². The summed E-state index contributed by atoms with van der Waals surface area (Å²) in [5, 5.41) is 0. The first-order valence-corrected chi connectivity index (χ1v) is 6.91. The van der Waals surface area contributed by atoms with Crippen molar-refractivity contribution >= 4 is 0 Å². The van der Waals surface area contributed by atoms with E-state index >= 15 is 0 Å². The van der Waals surface area contributed by atoms with Gasteiger partial charge in [0, 0.05) is 0 Å². The van der Waals surface area contributed by atoms with Crippen molar-refractivity contribution in [3.8, 4) is 0 Å². The molecule has 1 saturated carbocycles. The maximum Gasteiger partial charge on any atom is -0.0267 e. The third-order valence-electron chi connectivity index (χ3n) is 4.88. The Balaban J connectivity index is 2.47. The normalized spacial score (nSPS) is 37.8. The molecule has 0 bridgehead atoms. The molecule has 1 aliphatic carbocycles. The van der Waals surface area contributed by atoms with E-state index in [4.69, 9.17) is 0 Å². The van der Waals surface area contributed by atoms with Gasteiger partial charge in [-0.3, -0.25) is 0 Å². The lowest BCUT2D eigenvalue weighted by atomic mass is 9.51. The highest BCUT2D eigenvalue weighted by Gasteiger charge is 2.47. The second-order valence-electron chi connectivity index (χ2n) is 6.62. The van der Waals surface area contributed by atoms with Gasteiger partial charge in [0.05, 0.1) is 0 Å². The average molecular weight is 210 g/mol. The second kappa shape index (κ2) is 4.89. The highest BCUT2D eigenvalue weighted by atomic mass is 14.5. The van der Waals surface area contributed by atoms with Crippen molar-refractivity contribution in [1.29, 1.82) is 0 Å². The quantitative estimate of drug-likeness (QED) is 0.590. The number of hydrogen-bond donors (Lipinski definition) is 0. The molecule has 0 nitrogen and oxygen atoms in total. The van der Waals surface area contributed by atoms with Crippen LogP contribution in [0.2, 0.25) is 0 Å². The first-order chi connectivity index (χ1) is 6.91. The molecule has 0 saturated heterocycles. The molecule has 0 aromatic rings. The maximum atomic E-state index is 2.47. The molecule has 4 unspecified atom stereocenters. The van der Waals surface area contributed by atoms with E-state index in [-0.39, 0.29) is 0 Å². The average Bonchev–Trinajstić information content (AvgIpc) is 2.14. The molecule has 0 spiro atoms. The minimum Gasteiger partial charge on any atom is -0.0648 e. The molecule has 15 heavy (non-hydrogen) atoms. The molecule has 0 aliphatic heterocycles. The summed E-state index contributed by atoms with van der Waals surface area (Å²) in [5.41, 5.74) is 0.702. The van der Waals surface area contributed by atoms with Gasteiger partial charge in [0.15, 0.2) is 0 Å². The number of hydrogen-bond acceptors (Lipinski definition) is 0. The fraction of sp³-hybridized carbons (Fsp3) is 1.00. The van der Waals surface area contributed by atoms with Gasteiger partial charge in [0.25, 0.3) is 0 Å². The van der Waals surface area contributed by atoms with Gasteiger partial charge in [-0.2, -0.15) is 0 Å². The fourth-order valence-corrected chi connectivity index (χ4v) is 3.91. The van der Waals surface area contributed by atoms with Crippen molar-refractivity contribution in [2.45, 2.75) is 67.2 Å². The first-order valence-electron chi connectivity index (χ1n) is 6.91. The lowest BCUT2D eigenvalue weighted by molar-refractivity contribution is -0.0455. The van der Waals surface area contributed by atoms with Crippen LogP contribution in [0.4, 0.5) is 0 Å². The van der Waals surface area contributed by atoms with Crippen molar-refractivity contribution in [3.05, 3.63) is 0 Å². The summed E-state index contributed by atoms with van der Waals surface area (Å²) in [5.74, 6) is 3.70. The molecule has 0 heteroatoms. The van der Waals surface area contributed by atoms with Crippen LogP contribution in [0, 0.1) is 29.1 Å². The molecule has 1 aliphatic rings. The molecule has 0 amide bonds. The maximum absolute atomic E-state index is 2.47. The Morgan fingerprint density at radius 2 is 1.80 bits per heavy atom. The molecule has 4 atom stereocenters. The molecule has 0 heterocycles. The van der Waals surface area contributed by atoms with Gasteiger partial charge in [-0.15, -0.1) is 0 Å². The third-order valence-corrected chi connectivity index (χ3v) is 4.88. The summed E-state index contributed by atoms with van der Waals surface area (Å²) in [6, 6.07) is 0. The van der Waals surface area contributed by atoms with Crippen LogP contribution in [0.5, 0.6) is 0 Å². The molecule has 0 aromatic heterocycles. The number of rotatable bonds is 5. The Bertz CT molecular complexity index is 194. The molecule has 1 fully saturated rings. The van der Waals surface area contributed by atoms with Crippen LogP contribution in [0.3, 0.4) is 0 Å². The second-order valence-corrected chi connectivity index (χ2v) is 6.62. The van der Waals surface area contributed by atoms with E-state index in [1.165, 1.54) is 25.7 Å². The zero-order valence-corrected chi connectivity index (χ0v) is 11.6. The van der Waals surface area contributed by atoms with E-state index < -0.39 is 0 Å². The van der Waals surface area contributed by atoms with Crippen LogP contribution in [0.15, 0.2) is 0 Å². The van der Waals surface area contributed by atoms with E-state index in [1.807, 2.05) is 0 Å². The van der Waals surface area contributed by atoms with Gasteiger partial charge >= 0.3 is 0 Å². The first kappa shape index (κ1) is 13.1. The zero-order valence-electron chi connectivity index (χ0n) is 11.6. The van der Waals surface area contributed by atoms with Gasteiger partial charge in [0.2, 0.25) is 0 Å². The molecular formula is C15H30. The monoisotopic (exact) mass is 210 g/mol. The molecule has 0 N–H and O–H groups in total. The summed E-state index contributed by atoms with van der Waals surface area (Å²) in [7, 11) is 0. The van der Waals surface area contributed by atoms with Gasteiger partial charge < -0.3 is 0 Å². The van der Waals surface area contributed by atoms with Gasteiger partial charge in [-0.25, -0.2) is 0 Å². The zero-order chi connectivity index (χ0) is 11.6. The van der Waals surface area contributed by atoms with Crippen LogP contribution in [0.25, 0.3) is 0 Å². The van der Waals surface area contributed by atoms with Crippen LogP contribution in [-0.4, -0.2) is 0 Å². The Morgan fingerprint density at radius 3 is 2.13 bits per heavy atom. The highest BCUT2D eigenvalue weighted by Crippen LogP contribution is 2.56. The van der Waals surface area contributed by atoms with Crippen molar-refractivity contribution < 1.29 is 0 Å². The summed E-state index contributed by atoms with van der Waals surface area (Å²) in [6.45, 7) is 14.4. The predicted molar refractivity (Wildman–Crippen MR) is 68.9 cm³/mol. The summed E-state index contributed by atoms with van der Waals surface area (Å²) in [4.78, 5) is 0. The van der Waals surface area contributed by atoms with Crippen LogP contribution in [-0.2, 0) is 0 Å². The largest absolute Gasteiger partial charge is 0.0648 e. The minimum atomic E-state index is 0.702. The molecule has 0 aromatic carbocycles. The SMILES string of the molecule is CCC1(CC(C)CC(C)C)CC(C)C1C. The van der Waals surface area contributed by atoms with Crippen molar-refractivity contribution in [3.63, 3.8) is 0 Å². The van der Waals surface area contributed by atoms with E-state index in [0.29, 0.717) is 5.41 Å². The fourth-order valence-electron chi connectivity index (χ4n) is 3.91. The van der Waals surface area contributed by atoms with Crippen molar-refractivity contribution in [1.82, 2.24) is 0 Å². The van der Waals surface area contributed by atoms with E-state index in [0.717, 1.165) is 23.7 Å². The smallest absolute Gasteiger partial charge is 0.0267 e. The molecule has 90 valence electrons. The Hall–Kier alpha value is 0. The Kier molecular flexibility index (Phi) is 4.26. The van der Waals surface area contributed by atoms with E-state index in [2.05, 4.69) is 41.5 Å².